The summed E-state index contributed by atoms with van der Waals surface area (Å²) in [5.41, 5.74) is 0.346. The van der Waals surface area contributed by atoms with Crippen molar-refractivity contribution in [3.05, 3.63) is 29.8 Å². The van der Waals surface area contributed by atoms with Crippen LogP contribution >= 0.6 is 0 Å². The molecule has 0 unspecified atom stereocenters. The average Bonchev–Trinajstić information content (AvgIpc) is 2.42. The monoisotopic (exact) mass is 318 g/mol. The molecule has 0 aliphatic heterocycles. The van der Waals surface area contributed by atoms with Gasteiger partial charge in [-0.2, -0.15) is 8.42 Å². The summed E-state index contributed by atoms with van der Waals surface area (Å²) in [6.07, 6.45) is 0. The fourth-order valence-electron chi connectivity index (χ4n) is 1.75. The van der Waals surface area contributed by atoms with E-state index in [1.165, 1.54) is 24.3 Å². The number of benzene rings is 1. The highest BCUT2D eigenvalue weighted by Crippen LogP contribution is 2.14. The highest BCUT2D eigenvalue weighted by Gasteiger charge is 2.11. The average molecular weight is 318 g/mol. The molecule has 1 aromatic rings. The SMILES string of the molecule is CCN(CC)CCNC(=O)c1ccc(OS(=O)(=O)F)cc1. The molecule has 8 heteroatoms. The van der Waals surface area contributed by atoms with Gasteiger partial charge in [0.1, 0.15) is 5.75 Å². The maximum Gasteiger partial charge on any atom is 0.488 e. The van der Waals surface area contributed by atoms with Crippen LogP contribution < -0.4 is 9.50 Å². The van der Waals surface area contributed by atoms with Crippen molar-refractivity contribution in [2.24, 2.45) is 0 Å². The number of carbonyl (C=O) groups excluding carboxylic acids is 1. The molecule has 0 radical (unpaired) electrons. The molecule has 0 fully saturated rings. The first kappa shape index (κ1) is 17.4. The van der Waals surface area contributed by atoms with E-state index in [2.05, 4.69) is 14.4 Å². The number of likely N-dealkylation sites (N-methyl/N-ethyl adjacent to an activating group) is 1. The third-order valence-corrected chi connectivity index (χ3v) is 3.31. The molecule has 21 heavy (non-hydrogen) atoms. The number of nitrogens with one attached hydrogen (secondary N) is 1. The van der Waals surface area contributed by atoms with Crippen LogP contribution in [0.3, 0.4) is 0 Å². The highest BCUT2D eigenvalue weighted by molar-refractivity contribution is 7.81. The first-order chi connectivity index (χ1) is 9.85. The molecule has 0 saturated carbocycles. The van der Waals surface area contributed by atoms with E-state index < -0.39 is 10.5 Å². The number of halogens is 1. The summed E-state index contributed by atoms with van der Waals surface area (Å²) in [7, 11) is -5.05. The maximum atomic E-state index is 12.3. The Bertz CT molecular complexity index is 556. The second-order valence-electron chi connectivity index (χ2n) is 4.28. The van der Waals surface area contributed by atoms with Gasteiger partial charge in [-0.1, -0.05) is 17.7 Å². The van der Waals surface area contributed by atoms with Crippen LogP contribution in [0.1, 0.15) is 24.2 Å². The molecular formula is C13H19FN2O4S. The van der Waals surface area contributed by atoms with Gasteiger partial charge in [0.25, 0.3) is 5.91 Å². The third-order valence-electron chi connectivity index (χ3n) is 2.92. The fraction of sp³-hybridized carbons (Fsp3) is 0.462. The first-order valence-electron chi connectivity index (χ1n) is 6.60. The molecule has 0 atom stereocenters. The molecule has 0 heterocycles. The normalized spacial score (nSPS) is 11.4. The Balaban J connectivity index is 2.52. The van der Waals surface area contributed by atoms with Gasteiger partial charge in [-0.3, -0.25) is 4.79 Å². The van der Waals surface area contributed by atoms with Gasteiger partial charge in [0.15, 0.2) is 0 Å². The van der Waals surface area contributed by atoms with Crippen molar-refractivity contribution in [2.45, 2.75) is 13.8 Å². The molecule has 1 rings (SSSR count). The minimum Gasteiger partial charge on any atom is -0.358 e. The standard InChI is InChI=1S/C13H19FN2O4S/c1-3-16(4-2)10-9-15-13(17)11-5-7-12(8-6-11)20-21(14,18)19/h5-8H,3-4,9-10H2,1-2H3,(H,15,17). The van der Waals surface area contributed by atoms with Gasteiger partial charge in [-0.25, -0.2) is 0 Å². The van der Waals surface area contributed by atoms with Crippen LogP contribution in [0.5, 0.6) is 5.75 Å². The quantitative estimate of drug-likeness (QED) is 0.732. The van der Waals surface area contributed by atoms with Crippen molar-refractivity contribution in [3.63, 3.8) is 0 Å². The summed E-state index contributed by atoms with van der Waals surface area (Å²) >= 11 is 0. The van der Waals surface area contributed by atoms with E-state index in [1.807, 2.05) is 13.8 Å². The van der Waals surface area contributed by atoms with Crippen LogP contribution in [-0.4, -0.2) is 45.4 Å². The minimum atomic E-state index is -5.05. The van der Waals surface area contributed by atoms with Crippen molar-refractivity contribution < 1.29 is 21.3 Å². The predicted octanol–water partition coefficient (Wildman–Crippen LogP) is 1.35. The smallest absolute Gasteiger partial charge is 0.358 e. The lowest BCUT2D eigenvalue weighted by atomic mass is 10.2. The van der Waals surface area contributed by atoms with Crippen LogP contribution in [-0.2, 0) is 10.5 Å². The number of hydrogen-bond acceptors (Lipinski definition) is 5. The maximum absolute atomic E-state index is 12.3. The summed E-state index contributed by atoms with van der Waals surface area (Å²) in [4.78, 5) is 14.0. The van der Waals surface area contributed by atoms with Crippen molar-refractivity contribution in [1.29, 1.82) is 0 Å². The summed E-state index contributed by atoms with van der Waals surface area (Å²) in [6.45, 7) is 7.18. The number of hydrogen-bond donors (Lipinski definition) is 1. The molecule has 0 spiro atoms. The van der Waals surface area contributed by atoms with Crippen molar-refractivity contribution in [1.82, 2.24) is 10.2 Å². The number of nitrogens with zero attached hydrogens (tertiary/aromatic N) is 1. The molecule has 1 amide bonds. The Hall–Kier alpha value is -1.67. The highest BCUT2D eigenvalue weighted by atomic mass is 32.3. The van der Waals surface area contributed by atoms with Gasteiger partial charge < -0.3 is 14.4 Å². The molecule has 6 nitrogen and oxygen atoms in total. The third kappa shape index (κ3) is 6.54. The van der Waals surface area contributed by atoms with Crippen LogP contribution in [0.2, 0.25) is 0 Å². The summed E-state index contributed by atoms with van der Waals surface area (Å²) in [6, 6.07) is 5.17. The first-order valence-corrected chi connectivity index (χ1v) is 7.91. The molecule has 1 aromatic carbocycles. The van der Waals surface area contributed by atoms with Crippen LogP contribution in [0, 0.1) is 0 Å². The van der Waals surface area contributed by atoms with E-state index in [9.17, 15) is 17.1 Å². The number of carbonyl (C=O) groups is 1. The molecule has 0 saturated heterocycles. The van der Waals surface area contributed by atoms with E-state index in [0.29, 0.717) is 12.1 Å². The van der Waals surface area contributed by atoms with E-state index in [-0.39, 0.29) is 11.7 Å². The zero-order valence-electron chi connectivity index (χ0n) is 12.0. The van der Waals surface area contributed by atoms with E-state index in [1.54, 1.807) is 0 Å². The summed E-state index contributed by atoms with van der Waals surface area (Å²) in [5, 5.41) is 2.75. The summed E-state index contributed by atoms with van der Waals surface area (Å²) < 4.78 is 37.0. The second-order valence-corrected chi connectivity index (χ2v) is 5.24. The number of amides is 1. The van der Waals surface area contributed by atoms with Crippen LogP contribution in [0.15, 0.2) is 24.3 Å². The van der Waals surface area contributed by atoms with Crippen molar-refractivity contribution in [3.8, 4) is 5.75 Å². The minimum absolute atomic E-state index is 0.183. The van der Waals surface area contributed by atoms with Gasteiger partial charge in [-0.05, 0) is 37.4 Å². The Morgan fingerprint density at radius 3 is 2.29 bits per heavy atom. The molecule has 0 aromatic heterocycles. The van der Waals surface area contributed by atoms with Gasteiger partial charge in [0.2, 0.25) is 0 Å². The Labute approximate surface area is 124 Å². The lowest BCUT2D eigenvalue weighted by molar-refractivity contribution is 0.0949. The Kier molecular flexibility index (Phi) is 6.57. The lowest BCUT2D eigenvalue weighted by Crippen LogP contribution is -2.34. The van der Waals surface area contributed by atoms with Gasteiger partial charge in [0.05, 0.1) is 0 Å². The molecule has 118 valence electrons. The Morgan fingerprint density at radius 1 is 1.24 bits per heavy atom. The zero-order chi connectivity index (χ0) is 15.9. The van der Waals surface area contributed by atoms with Gasteiger partial charge in [-0.15, -0.1) is 0 Å². The van der Waals surface area contributed by atoms with E-state index >= 15 is 0 Å². The lowest BCUT2D eigenvalue weighted by Gasteiger charge is -2.17. The number of rotatable bonds is 8. The fourth-order valence-corrected chi connectivity index (χ4v) is 2.09. The molecule has 0 aliphatic carbocycles. The summed E-state index contributed by atoms with van der Waals surface area (Å²) in [5.74, 6) is -0.464. The molecule has 0 aliphatic rings. The van der Waals surface area contributed by atoms with Gasteiger partial charge >= 0.3 is 10.5 Å². The van der Waals surface area contributed by atoms with Crippen LogP contribution in [0.4, 0.5) is 3.89 Å². The topological polar surface area (TPSA) is 75.7 Å². The molecule has 0 bridgehead atoms. The Morgan fingerprint density at radius 2 is 1.81 bits per heavy atom. The van der Waals surface area contributed by atoms with Crippen molar-refractivity contribution >= 4 is 16.4 Å². The predicted molar refractivity (Wildman–Crippen MR) is 77.2 cm³/mol. The van der Waals surface area contributed by atoms with E-state index in [0.717, 1.165) is 19.6 Å². The van der Waals surface area contributed by atoms with Crippen molar-refractivity contribution in [2.75, 3.05) is 26.2 Å². The molecule has 1 N–H and O–H groups in total. The second kappa shape index (κ2) is 7.94. The molecular weight excluding hydrogens is 299 g/mol. The van der Waals surface area contributed by atoms with Gasteiger partial charge in [0, 0.05) is 18.7 Å². The zero-order valence-corrected chi connectivity index (χ0v) is 12.8. The largest absolute Gasteiger partial charge is 0.488 e. The van der Waals surface area contributed by atoms with E-state index in [4.69, 9.17) is 0 Å². The van der Waals surface area contributed by atoms with Crippen LogP contribution in [0.25, 0.3) is 0 Å².